The van der Waals surface area contributed by atoms with Crippen LogP contribution in [0.1, 0.15) is 18.9 Å². The summed E-state index contributed by atoms with van der Waals surface area (Å²) in [6, 6.07) is 0. The van der Waals surface area contributed by atoms with Crippen LogP contribution in [0.15, 0.2) is 23.4 Å². The molecular formula is C19H22ClF3N6O4. The van der Waals surface area contributed by atoms with Gasteiger partial charge >= 0.3 is 6.18 Å². The molecule has 33 heavy (non-hydrogen) atoms. The Hall–Kier alpha value is -2.93. The van der Waals surface area contributed by atoms with Crippen LogP contribution in [0.25, 0.3) is 0 Å². The summed E-state index contributed by atoms with van der Waals surface area (Å²) in [7, 11) is 0. The largest absolute Gasteiger partial charge is 0.486 e. The molecule has 2 aromatic heterocycles. The SMILES string of the molecule is C[C@@H](COCCC(=O)N1CCN(c2ncc(Cl)cn2)CC1)Oc1cn[nH]c(=O)c1C(F)(F)F. The van der Waals surface area contributed by atoms with E-state index in [1.807, 2.05) is 4.90 Å². The number of hydrogen-bond donors (Lipinski definition) is 1. The molecule has 0 radical (unpaired) electrons. The molecule has 2 aromatic rings. The van der Waals surface area contributed by atoms with E-state index in [0.29, 0.717) is 37.1 Å². The zero-order valence-electron chi connectivity index (χ0n) is 17.6. The van der Waals surface area contributed by atoms with Crippen molar-refractivity contribution < 1.29 is 27.4 Å². The number of hydrogen-bond acceptors (Lipinski definition) is 8. The van der Waals surface area contributed by atoms with E-state index < -0.39 is 29.2 Å². The fraction of sp³-hybridized carbons (Fsp3) is 0.526. The van der Waals surface area contributed by atoms with E-state index in [-0.39, 0.29) is 25.5 Å². The van der Waals surface area contributed by atoms with E-state index in [1.54, 1.807) is 10.00 Å². The predicted molar refractivity (Wildman–Crippen MR) is 111 cm³/mol. The van der Waals surface area contributed by atoms with E-state index in [0.717, 1.165) is 6.20 Å². The van der Waals surface area contributed by atoms with Gasteiger partial charge in [0.15, 0.2) is 11.3 Å². The minimum Gasteiger partial charge on any atom is -0.486 e. The topological polar surface area (TPSA) is 114 Å². The lowest BCUT2D eigenvalue weighted by atomic mass is 10.2. The number of rotatable bonds is 8. The number of aromatic nitrogens is 4. The van der Waals surface area contributed by atoms with Gasteiger partial charge in [-0.3, -0.25) is 9.59 Å². The number of amides is 1. The number of piperazine rings is 1. The summed E-state index contributed by atoms with van der Waals surface area (Å²) in [4.78, 5) is 35.8. The van der Waals surface area contributed by atoms with Crippen LogP contribution in [0.2, 0.25) is 5.02 Å². The van der Waals surface area contributed by atoms with Crippen molar-refractivity contribution in [1.29, 1.82) is 0 Å². The minimum atomic E-state index is -4.89. The first-order valence-corrected chi connectivity index (χ1v) is 10.4. The van der Waals surface area contributed by atoms with Gasteiger partial charge in [0.2, 0.25) is 11.9 Å². The number of alkyl halides is 3. The summed E-state index contributed by atoms with van der Waals surface area (Å²) < 4.78 is 49.7. The highest BCUT2D eigenvalue weighted by molar-refractivity contribution is 6.30. The van der Waals surface area contributed by atoms with E-state index in [2.05, 4.69) is 15.1 Å². The van der Waals surface area contributed by atoms with E-state index in [4.69, 9.17) is 21.1 Å². The molecule has 0 unspecified atom stereocenters. The minimum absolute atomic E-state index is 0.0704. The molecule has 0 saturated carbocycles. The molecule has 0 aromatic carbocycles. The quantitative estimate of drug-likeness (QED) is 0.557. The summed E-state index contributed by atoms with van der Waals surface area (Å²) in [6.45, 7) is 3.64. The van der Waals surface area contributed by atoms with Crippen LogP contribution in [-0.4, -0.2) is 76.5 Å². The zero-order chi connectivity index (χ0) is 24.0. The summed E-state index contributed by atoms with van der Waals surface area (Å²) in [6.07, 6.45) is -1.75. The highest BCUT2D eigenvalue weighted by Gasteiger charge is 2.38. The second-order valence-corrected chi connectivity index (χ2v) is 7.70. The highest BCUT2D eigenvalue weighted by atomic mass is 35.5. The first kappa shape index (κ1) is 24.7. The van der Waals surface area contributed by atoms with E-state index in [9.17, 15) is 22.8 Å². The van der Waals surface area contributed by atoms with Crippen LogP contribution in [-0.2, 0) is 15.7 Å². The van der Waals surface area contributed by atoms with Gasteiger partial charge in [0.05, 0.1) is 43.2 Å². The predicted octanol–water partition coefficient (Wildman–Crippen LogP) is 1.75. The number of carbonyl (C=O) groups excluding carboxylic acids is 1. The first-order chi connectivity index (χ1) is 15.6. The van der Waals surface area contributed by atoms with Crippen LogP contribution in [0.5, 0.6) is 5.75 Å². The van der Waals surface area contributed by atoms with Gasteiger partial charge in [0, 0.05) is 26.2 Å². The van der Waals surface area contributed by atoms with Crippen molar-refractivity contribution in [2.75, 3.05) is 44.3 Å². The van der Waals surface area contributed by atoms with Gasteiger partial charge in [-0.1, -0.05) is 11.6 Å². The fourth-order valence-electron chi connectivity index (χ4n) is 3.18. The van der Waals surface area contributed by atoms with E-state index >= 15 is 0 Å². The number of nitrogens with one attached hydrogen (secondary N) is 1. The van der Waals surface area contributed by atoms with Crippen LogP contribution >= 0.6 is 11.6 Å². The Morgan fingerprint density at radius 3 is 2.52 bits per heavy atom. The molecule has 1 aliphatic rings. The van der Waals surface area contributed by atoms with Gasteiger partial charge in [-0.2, -0.15) is 18.3 Å². The first-order valence-electron chi connectivity index (χ1n) is 10.0. The number of carbonyl (C=O) groups is 1. The average molecular weight is 491 g/mol. The Bertz CT molecular complexity index is 996. The summed E-state index contributed by atoms with van der Waals surface area (Å²) >= 11 is 5.79. The van der Waals surface area contributed by atoms with Crippen molar-refractivity contribution in [3.05, 3.63) is 39.5 Å². The normalized spacial score (nSPS) is 15.4. The maximum atomic E-state index is 13.1. The second kappa shape index (κ2) is 10.8. The standard InChI is InChI=1S/C19H22ClF3N6O4/c1-12(33-14-10-26-27-17(31)16(14)19(21,22)23)11-32-7-2-15(30)28-3-5-29(6-4-28)18-24-8-13(20)9-25-18/h8-10,12H,2-7,11H2,1H3,(H,27,31)/t12-/m0/s1. The van der Waals surface area contributed by atoms with Crippen molar-refractivity contribution in [3.63, 3.8) is 0 Å². The van der Waals surface area contributed by atoms with Crippen molar-refractivity contribution in [1.82, 2.24) is 25.1 Å². The van der Waals surface area contributed by atoms with Crippen molar-refractivity contribution in [2.24, 2.45) is 0 Å². The zero-order valence-corrected chi connectivity index (χ0v) is 18.4. The smallest absolute Gasteiger partial charge is 0.425 e. The van der Waals surface area contributed by atoms with Crippen molar-refractivity contribution >= 4 is 23.5 Å². The van der Waals surface area contributed by atoms with Crippen LogP contribution in [0.3, 0.4) is 0 Å². The molecule has 14 heteroatoms. The van der Waals surface area contributed by atoms with Gasteiger partial charge in [-0.25, -0.2) is 15.1 Å². The third-order valence-electron chi connectivity index (χ3n) is 4.77. The molecule has 10 nitrogen and oxygen atoms in total. The summed E-state index contributed by atoms with van der Waals surface area (Å²) in [5, 5.41) is 5.52. The fourth-order valence-corrected chi connectivity index (χ4v) is 3.28. The third-order valence-corrected chi connectivity index (χ3v) is 4.96. The number of nitrogens with zero attached hydrogens (tertiary/aromatic N) is 5. The molecule has 3 rings (SSSR count). The van der Waals surface area contributed by atoms with Gasteiger partial charge in [0.25, 0.3) is 5.56 Å². The van der Waals surface area contributed by atoms with Crippen molar-refractivity contribution in [3.8, 4) is 5.75 Å². The van der Waals surface area contributed by atoms with Gasteiger partial charge in [-0.05, 0) is 6.92 Å². The number of H-pyrrole nitrogens is 1. The summed E-state index contributed by atoms with van der Waals surface area (Å²) in [5.74, 6) is -0.229. The number of halogens is 4. The van der Waals surface area contributed by atoms with E-state index in [1.165, 1.54) is 19.3 Å². The lowest BCUT2D eigenvalue weighted by Crippen LogP contribution is -2.49. The average Bonchev–Trinajstić information content (AvgIpc) is 2.76. The molecule has 1 N–H and O–H groups in total. The molecule has 180 valence electrons. The van der Waals surface area contributed by atoms with Gasteiger partial charge in [0.1, 0.15) is 6.10 Å². The third kappa shape index (κ3) is 6.78. The monoisotopic (exact) mass is 490 g/mol. The van der Waals surface area contributed by atoms with Crippen LogP contribution in [0, 0.1) is 0 Å². The van der Waals surface area contributed by atoms with Crippen LogP contribution < -0.4 is 15.2 Å². The van der Waals surface area contributed by atoms with Crippen molar-refractivity contribution in [2.45, 2.75) is 25.6 Å². The Labute approximate surface area is 191 Å². The molecule has 0 bridgehead atoms. The lowest BCUT2D eigenvalue weighted by molar-refractivity contribution is -0.141. The Morgan fingerprint density at radius 2 is 1.88 bits per heavy atom. The van der Waals surface area contributed by atoms with Gasteiger partial charge in [-0.15, -0.1) is 0 Å². The molecule has 1 aliphatic heterocycles. The molecule has 0 aliphatic carbocycles. The molecule has 1 fully saturated rings. The lowest BCUT2D eigenvalue weighted by Gasteiger charge is -2.34. The maximum Gasteiger partial charge on any atom is 0.425 e. The molecular weight excluding hydrogens is 469 g/mol. The Kier molecular flexibility index (Phi) is 8.08. The van der Waals surface area contributed by atoms with Gasteiger partial charge < -0.3 is 19.3 Å². The molecule has 3 heterocycles. The second-order valence-electron chi connectivity index (χ2n) is 7.26. The highest BCUT2D eigenvalue weighted by Crippen LogP contribution is 2.33. The molecule has 1 saturated heterocycles. The number of ether oxygens (including phenoxy) is 2. The molecule has 1 atom stereocenters. The Morgan fingerprint density at radius 1 is 1.21 bits per heavy atom. The number of anilines is 1. The molecule has 1 amide bonds. The van der Waals surface area contributed by atoms with Crippen LogP contribution in [0.4, 0.5) is 19.1 Å². The maximum absolute atomic E-state index is 13.1. The molecule has 0 spiro atoms. The Balaban J connectivity index is 1.39. The number of aromatic amines is 1. The summed E-state index contributed by atoms with van der Waals surface area (Å²) in [5.41, 5.74) is -2.84.